The molecule has 0 radical (unpaired) electrons. The van der Waals surface area contributed by atoms with Crippen molar-refractivity contribution in [3.8, 4) is 5.75 Å². The number of amides is 2. The molecule has 0 unspecified atom stereocenters. The fraction of sp³-hybridized carbons (Fsp3) is 0.0833. The van der Waals surface area contributed by atoms with Gasteiger partial charge in [-0.25, -0.2) is 0 Å². The maximum atomic E-state index is 12.9. The van der Waals surface area contributed by atoms with Crippen molar-refractivity contribution in [1.29, 1.82) is 0 Å². The highest BCUT2D eigenvalue weighted by Gasteiger charge is 2.35. The molecular formula is C24H17BrN2O5S. The molecule has 1 fully saturated rings. The van der Waals surface area contributed by atoms with Crippen molar-refractivity contribution in [2.45, 2.75) is 13.2 Å². The van der Waals surface area contributed by atoms with Crippen molar-refractivity contribution in [2.24, 2.45) is 0 Å². The van der Waals surface area contributed by atoms with Crippen LogP contribution in [0.15, 0.2) is 82.2 Å². The van der Waals surface area contributed by atoms with Crippen molar-refractivity contribution < 1.29 is 19.2 Å². The molecular weight excluding hydrogens is 508 g/mol. The second-order valence-electron chi connectivity index (χ2n) is 7.15. The lowest BCUT2D eigenvalue weighted by atomic mass is 10.1. The van der Waals surface area contributed by atoms with Crippen molar-refractivity contribution in [2.75, 3.05) is 0 Å². The predicted molar refractivity (Wildman–Crippen MR) is 130 cm³/mol. The van der Waals surface area contributed by atoms with Crippen LogP contribution >= 0.6 is 27.7 Å². The normalized spacial score (nSPS) is 14.7. The van der Waals surface area contributed by atoms with Gasteiger partial charge in [0.05, 0.1) is 16.4 Å². The van der Waals surface area contributed by atoms with Gasteiger partial charge in [-0.1, -0.05) is 46.3 Å². The summed E-state index contributed by atoms with van der Waals surface area (Å²) in [5, 5.41) is 10.5. The summed E-state index contributed by atoms with van der Waals surface area (Å²) in [6, 6.07) is 20.8. The Labute approximate surface area is 202 Å². The first kappa shape index (κ1) is 22.8. The average molecular weight is 525 g/mol. The summed E-state index contributed by atoms with van der Waals surface area (Å²) < 4.78 is 6.77. The second-order valence-corrected chi connectivity index (χ2v) is 9.06. The summed E-state index contributed by atoms with van der Waals surface area (Å²) in [6.45, 7) is 0.396. The van der Waals surface area contributed by atoms with Gasteiger partial charge in [-0.2, -0.15) is 0 Å². The Morgan fingerprint density at radius 2 is 1.76 bits per heavy atom. The number of nitro benzene ring substituents is 1. The van der Waals surface area contributed by atoms with Crippen LogP contribution < -0.4 is 4.74 Å². The van der Waals surface area contributed by atoms with Crippen molar-refractivity contribution in [3.05, 3.63) is 109 Å². The number of non-ortho nitro benzene ring substituents is 1. The summed E-state index contributed by atoms with van der Waals surface area (Å²) in [6.07, 6.45) is 1.65. The molecule has 0 N–H and O–H groups in total. The van der Waals surface area contributed by atoms with Crippen LogP contribution in [0.1, 0.15) is 16.7 Å². The molecule has 0 saturated carbocycles. The van der Waals surface area contributed by atoms with Gasteiger partial charge in [0, 0.05) is 22.2 Å². The molecule has 0 aliphatic carbocycles. The molecule has 3 aromatic carbocycles. The number of carbonyl (C=O) groups excluding carboxylic acids is 2. The van der Waals surface area contributed by atoms with Crippen LogP contribution in [0.3, 0.4) is 0 Å². The van der Waals surface area contributed by atoms with Gasteiger partial charge in [0.25, 0.3) is 16.8 Å². The lowest BCUT2D eigenvalue weighted by Crippen LogP contribution is -2.27. The van der Waals surface area contributed by atoms with Gasteiger partial charge in [-0.15, -0.1) is 0 Å². The monoisotopic (exact) mass is 524 g/mol. The van der Waals surface area contributed by atoms with E-state index in [4.69, 9.17) is 4.74 Å². The van der Waals surface area contributed by atoms with Crippen molar-refractivity contribution >= 4 is 50.6 Å². The van der Waals surface area contributed by atoms with Crippen LogP contribution in [0.2, 0.25) is 0 Å². The molecule has 1 aliphatic heterocycles. The first-order chi connectivity index (χ1) is 15.9. The number of hydrogen-bond donors (Lipinski definition) is 0. The summed E-state index contributed by atoms with van der Waals surface area (Å²) in [4.78, 5) is 37.3. The average Bonchev–Trinajstić information content (AvgIpc) is 3.06. The van der Waals surface area contributed by atoms with E-state index < -0.39 is 4.92 Å². The Morgan fingerprint density at radius 3 is 2.48 bits per heavy atom. The molecule has 0 bridgehead atoms. The second kappa shape index (κ2) is 10.0. The Balaban J connectivity index is 1.49. The summed E-state index contributed by atoms with van der Waals surface area (Å²) in [5.74, 6) is 0.185. The number of carbonyl (C=O) groups is 2. The van der Waals surface area contributed by atoms with Crippen LogP contribution in [0, 0.1) is 10.1 Å². The number of hydrogen-bond acceptors (Lipinski definition) is 6. The molecule has 166 valence electrons. The number of nitrogens with zero attached hydrogens (tertiary/aromatic N) is 2. The first-order valence-electron chi connectivity index (χ1n) is 9.86. The third-order valence-corrected chi connectivity index (χ3v) is 6.25. The van der Waals surface area contributed by atoms with E-state index in [1.54, 1.807) is 30.3 Å². The Kier molecular flexibility index (Phi) is 6.90. The summed E-state index contributed by atoms with van der Waals surface area (Å²) >= 11 is 4.29. The van der Waals surface area contributed by atoms with E-state index in [0.29, 0.717) is 16.2 Å². The molecule has 3 aromatic rings. The van der Waals surface area contributed by atoms with Crippen LogP contribution in [0.4, 0.5) is 10.5 Å². The van der Waals surface area contributed by atoms with E-state index in [9.17, 15) is 19.7 Å². The Bertz CT molecular complexity index is 1260. The van der Waals surface area contributed by atoms with E-state index in [1.807, 2.05) is 36.4 Å². The van der Waals surface area contributed by atoms with E-state index in [-0.39, 0.29) is 30.0 Å². The fourth-order valence-electron chi connectivity index (χ4n) is 3.20. The molecule has 2 amide bonds. The fourth-order valence-corrected chi connectivity index (χ4v) is 4.48. The van der Waals surface area contributed by atoms with E-state index in [0.717, 1.165) is 27.4 Å². The van der Waals surface area contributed by atoms with E-state index in [1.165, 1.54) is 17.0 Å². The molecule has 0 aromatic heterocycles. The predicted octanol–water partition coefficient (Wildman–Crippen LogP) is 6.17. The van der Waals surface area contributed by atoms with E-state index in [2.05, 4.69) is 15.9 Å². The zero-order valence-electron chi connectivity index (χ0n) is 17.1. The van der Waals surface area contributed by atoms with Gasteiger partial charge in [-0.3, -0.25) is 24.6 Å². The van der Waals surface area contributed by atoms with Gasteiger partial charge in [0.1, 0.15) is 12.4 Å². The van der Waals surface area contributed by atoms with Crippen molar-refractivity contribution in [1.82, 2.24) is 4.90 Å². The van der Waals surface area contributed by atoms with Crippen LogP contribution in [0.25, 0.3) is 6.08 Å². The van der Waals surface area contributed by atoms with Crippen molar-refractivity contribution in [3.63, 3.8) is 0 Å². The number of ether oxygens (including phenoxy) is 1. The minimum absolute atomic E-state index is 0.0118. The lowest BCUT2D eigenvalue weighted by Gasteiger charge is -2.12. The summed E-state index contributed by atoms with van der Waals surface area (Å²) in [5.41, 5.74) is 2.29. The number of halogens is 1. The third kappa shape index (κ3) is 5.50. The van der Waals surface area contributed by atoms with Crippen LogP contribution in [-0.2, 0) is 17.9 Å². The standard InChI is InChI=1S/C24H17BrN2O5S/c25-19-6-3-4-17(12-19)14-26-23(28)22(33-24(26)29)13-18-5-1-2-7-21(18)32-15-16-8-10-20(11-9-16)27(30)31/h1-13H,14-15H2/b22-13-. The topological polar surface area (TPSA) is 89.7 Å². The molecule has 7 nitrogen and oxygen atoms in total. The summed E-state index contributed by atoms with van der Waals surface area (Å²) in [7, 11) is 0. The number of imide groups is 1. The largest absolute Gasteiger partial charge is 0.488 e. The SMILES string of the molecule is O=C1S/C(=C\c2ccccc2OCc2ccc([N+](=O)[O-])cc2)C(=O)N1Cc1cccc(Br)c1. The number of para-hydroxylation sites is 1. The molecule has 4 rings (SSSR count). The first-order valence-corrected chi connectivity index (χ1v) is 11.5. The zero-order chi connectivity index (χ0) is 23.4. The highest BCUT2D eigenvalue weighted by Crippen LogP contribution is 2.35. The quantitative estimate of drug-likeness (QED) is 0.208. The molecule has 0 spiro atoms. The number of rotatable bonds is 7. The maximum Gasteiger partial charge on any atom is 0.293 e. The Hall–Kier alpha value is -3.43. The molecule has 33 heavy (non-hydrogen) atoms. The number of benzene rings is 3. The molecule has 1 aliphatic rings. The maximum absolute atomic E-state index is 12.9. The lowest BCUT2D eigenvalue weighted by molar-refractivity contribution is -0.384. The van der Waals surface area contributed by atoms with Gasteiger partial charge in [0.2, 0.25) is 0 Å². The van der Waals surface area contributed by atoms with Crippen LogP contribution in [-0.4, -0.2) is 21.0 Å². The smallest absolute Gasteiger partial charge is 0.293 e. The minimum Gasteiger partial charge on any atom is -0.488 e. The molecule has 1 saturated heterocycles. The molecule has 1 heterocycles. The minimum atomic E-state index is -0.455. The third-order valence-electron chi connectivity index (χ3n) is 4.85. The molecule has 9 heteroatoms. The van der Waals surface area contributed by atoms with Gasteiger partial charge < -0.3 is 4.74 Å². The highest BCUT2D eigenvalue weighted by molar-refractivity contribution is 9.10. The van der Waals surface area contributed by atoms with Crippen LogP contribution in [0.5, 0.6) is 5.75 Å². The Morgan fingerprint density at radius 1 is 1.00 bits per heavy atom. The van der Waals surface area contributed by atoms with Gasteiger partial charge >= 0.3 is 0 Å². The number of nitro groups is 1. The van der Waals surface area contributed by atoms with E-state index >= 15 is 0 Å². The van der Waals surface area contributed by atoms with Gasteiger partial charge in [-0.05, 0) is 59.3 Å². The zero-order valence-corrected chi connectivity index (χ0v) is 19.5. The van der Waals surface area contributed by atoms with Gasteiger partial charge in [0.15, 0.2) is 0 Å². The molecule has 0 atom stereocenters. The number of thioether (sulfide) groups is 1. The highest BCUT2D eigenvalue weighted by atomic mass is 79.9.